The van der Waals surface area contributed by atoms with Crippen molar-refractivity contribution in [3.8, 4) is 5.75 Å². The molecule has 0 aliphatic carbocycles. The van der Waals surface area contributed by atoms with Crippen LogP contribution in [-0.4, -0.2) is 53.9 Å². The first-order valence-corrected chi connectivity index (χ1v) is 10.0. The van der Waals surface area contributed by atoms with Gasteiger partial charge in [0, 0.05) is 19.5 Å². The molecular weight excluding hydrogens is 390 g/mol. The van der Waals surface area contributed by atoms with Gasteiger partial charge in [0.1, 0.15) is 29.5 Å². The number of aromatic nitrogens is 2. The monoisotopic (exact) mass is 416 g/mol. The fourth-order valence-corrected chi connectivity index (χ4v) is 3.58. The number of carbonyl (C=O) groups excluding carboxylic acids is 1. The smallest absolute Gasteiger partial charge is 0.366 e. The second kappa shape index (κ2) is 8.52. The van der Waals surface area contributed by atoms with E-state index in [1.54, 1.807) is 23.1 Å². The van der Waals surface area contributed by atoms with Crippen LogP contribution in [0.3, 0.4) is 0 Å². The molecule has 2 aromatic rings. The predicted octanol–water partition coefficient (Wildman–Crippen LogP) is 1.81. The molecule has 3 heterocycles. The van der Waals surface area contributed by atoms with E-state index < -0.39 is 0 Å². The van der Waals surface area contributed by atoms with Crippen molar-refractivity contribution in [1.29, 1.82) is 0 Å². The molecule has 160 valence electrons. The number of nitrogens with zero attached hydrogens (tertiary/aromatic N) is 3. The van der Waals surface area contributed by atoms with Crippen LogP contribution >= 0.6 is 0 Å². The van der Waals surface area contributed by atoms with Crippen molar-refractivity contribution in [1.82, 2.24) is 10.1 Å². The summed E-state index contributed by atoms with van der Waals surface area (Å²) in [5, 5.41) is 20.9. The average molecular weight is 416 g/mol. The number of nitrogens with one attached hydrogen (secondary N) is 2. The maximum absolute atomic E-state index is 12.7. The normalized spacial score (nSPS) is 18.1. The largest absolute Gasteiger partial charge is 0.505 e. The number of amides is 1. The van der Waals surface area contributed by atoms with Crippen molar-refractivity contribution in [2.24, 2.45) is 0 Å². The number of para-hydroxylation sites is 1. The van der Waals surface area contributed by atoms with Crippen LogP contribution in [0.2, 0.25) is 0 Å². The van der Waals surface area contributed by atoms with Crippen LogP contribution in [0.1, 0.15) is 36.5 Å². The molecule has 0 bridgehead atoms. The molecule has 1 aromatic heterocycles. The minimum atomic E-state index is -0.182. The maximum atomic E-state index is 12.7. The lowest BCUT2D eigenvalue weighted by Crippen LogP contribution is -2.41. The molecule has 1 aromatic carbocycles. The van der Waals surface area contributed by atoms with Crippen LogP contribution in [0.5, 0.6) is 5.75 Å². The van der Waals surface area contributed by atoms with Crippen LogP contribution in [0.15, 0.2) is 34.7 Å². The minimum Gasteiger partial charge on any atom is -0.505 e. The Balaban J connectivity index is 1.53. The van der Waals surface area contributed by atoms with Crippen molar-refractivity contribution in [3.05, 3.63) is 35.6 Å². The van der Waals surface area contributed by atoms with Crippen molar-refractivity contribution in [2.45, 2.75) is 32.3 Å². The standard InChI is InChI=1S/C20H25N5O5/c1-13-8-9-14(29-13)12-21-19-18(23-30-25(19)28-2)22-16-7-5-6-15(17(16)26)20(27)24-10-3-4-11-24/h5-7,9,13H,3-4,8,10-12H2,1-2H3,(H2,21,22,23,26,27)/p+1. The molecule has 2 aliphatic rings. The van der Waals surface area contributed by atoms with Gasteiger partial charge in [-0.1, -0.05) is 10.7 Å². The number of carbonyl (C=O) groups is 1. The minimum absolute atomic E-state index is 0.136. The first kappa shape index (κ1) is 19.9. The molecular formula is C20H26N5O5+. The zero-order valence-corrected chi connectivity index (χ0v) is 17.1. The summed E-state index contributed by atoms with van der Waals surface area (Å²) in [7, 11) is 1.44. The molecule has 1 unspecified atom stereocenters. The summed E-state index contributed by atoms with van der Waals surface area (Å²) in [5.74, 6) is 1.21. The maximum Gasteiger partial charge on any atom is 0.366 e. The molecule has 10 nitrogen and oxygen atoms in total. The van der Waals surface area contributed by atoms with E-state index in [0.29, 0.717) is 37.0 Å². The number of rotatable bonds is 7. The van der Waals surface area contributed by atoms with Crippen molar-refractivity contribution >= 4 is 23.2 Å². The van der Waals surface area contributed by atoms with E-state index >= 15 is 0 Å². The summed E-state index contributed by atoms with van der Waals surface area (Å²) in [6.45, 7) is 3.84. The predicted molar refractivity (Wildman–Crippen MR) is 107 cm³/mol. The van der Waals surface area contributed by atoms with Crippen molar-refractivity contribution in [3.63, 3.8) is 0 Å². The third-order valence-electron chi connectivity index (χ3n) is 5.15. The van der Waals surface area contributed by atoms with Crippen LogP contribution < -0.4 is 20.4 Å². The molecule has 2 aliphatic heterocycles. The van der Waals surface area contributed by atoms with Gasteiger partial charge in [-0.05, 0) is 38.0 Å². The molecule has 1 saturated heterocycles. The van der Waals surface area contributed by atoms with Crippen LogP contribution in [0.4, 0.5) is 17.3 Å². The third kappa shape index (κ3) is 3.98. The number of hydrogen-bond acceptors (Lipinski definition) is 8. The molecule has 0 radical (unpaired) electrons. The summed E-state index contributed by atoms with van der Waals surface area (Å²) in [5.41, 5.74) is 0.586. The van der Waals surface area contributed by atoms with E-state index in [-0.39, 0.29) is 23.3 Å². The Labute approximate surface area is 174 Å². The Morgan fingerprint density at radius 3 is 2.90 bits per heavy atom. The second-order valence-electron chi connectivity index (χ2n) is 7.32. The molecule has 30 heavy (non-hydrogen) atoms. The first-order valence-electron chi connectivity index (χ1n) is 10.0. The molecule has 1 amide bonds. The topological polar surface area (TPSA) is 113 Å². The lowest BCUT2D eigenvalue weighted by molar-refractivity contribution is -1.01. The SMILES string of the molecule is CO[n+]1onc(Nc2cccc(C(=O)N3CCCC3)c2O)c1NCC1=CCC(C)O1. The fraction of sp³-hybridized carbons (Fsp3) is 0.450. The van der Waals surface area contributed by atoms with Crippen molar-refractivity contribution < 1.29 is 29.0 Å². The number of ether oxygens (including phenoxy) is 1. The zero-order chi connectivity index (χ0) is 21.1. The van der Waals surface area contributed by atoms with Crippen molar-refractivity contribution in [2.75, 3.05) is 37.4 Å². The second-order valence-corrected chi connectivity index (χ2v) is 7.32. The van der Waals surface area contributed by atoms with Crippen LogP contribution in [-0.2, 0) is 4.74 Å². The van der Waals surface area contributed by atoms with Gasteiger partial charge in [-0.15, -0.1) is 0 Å². The number of likely N-dealkylation sites (tertiary alicyclic amines) is 1. The van der Waals surface area contributed by atoms with E-state index in [2.05, 4.69) is 15.8 Å². The Bertz CT molecular complexity index is 951. The Kier molecular flexibility index (Phi) is 5.64. The highest BCUT2D eigenvalue weighted by Gasteiger charge is 2.28. The number of anilines is 3. The summed E-state index contributed by atoms with van der Waals surface area (Å²) in [6, 6.07) is 4.99. The van der Waals surface area contributed by atoms with Gasteiger partial charge in [0.25, 0.3) is 5.91 Å². The van der Waals surface area contributed by atoms with Gasteiger partial charge < -0.3 is 24.9 Å². The van der Waals surface area contributed by atoms with Gasteiger partial charge in [-0.25, -0.2) is 0 Å². The number of phenolic OH excluding ortho intramolecular Hbond substituents is 1. The highest BCUT2D eigenvalue weighted by molar-refractivity contribution is 5.99. The van der Waals surface area contributed by atoms with E-state index in [4.69, 9.17) is 14.2 Å². The fourth-order valence-electron chi connectivity index (χ4n) is 3.58. The molecule has 1 atom stereocenters. The Morgan fingerprint density at radius 2 is 2.20 bits per heavy atom. The molecule has 0 spiro atoms. The quantitative estimate of drug-likeness (QED) is 0.586. The molecule has 10 heteroatoms. The van der Waals surface area contributed by atoms with Gasteiger partial charge in [-0.3, -0.25) is 10.1 Å². The molecule has 1 fully saturated rings. The van der Waals surface area contributed by atoms with E-state index in [1.807, 2.05) is 13.0 Å². The lowest BCUT2D eigenvalue weighted by Gasteiger charge is -2.17. The summed E-state index contributed by atoms with van der Waals surface area (Å²) >= 11 is 0. The summed E-state index contributed by atoms with van der Waals surface area (Å²) < 4.78 is 10.9. The number of hydrogen-bond donors (Lipinski definition) is 3. The summed E-state index contributed by atoms with van der Waals surface area (Å²) in [6.07, 6.45) is 5.00. The number of benzene rings is 1. The highest BCUT2D eigenvalue weighted by atomic mass is 16.9. The molecule has 4 rings (SSSR count). The van der Waals surface area contributed by atoms with Gasteiger partial charge in [0.2, 0.25) is 0 Å². The molecule has 3 N–H and O–H groups in total. The van der Waals surface area contributed by atoms with Crippen LogP contribution in [0.25, 0.3) is 0 Å². The Morgan fingerprint density at radius 1 is 1.40 bits per heavy atom. The van der Waals surface area contributed by atoms with Gasteiger partial charge in [0.05, 0.1) is 17.4 Å². The van der Waals surface area contributed by atoms with E-state index in [1.165, 1.54) is 7.11 Å². The van der Waals surface area contributed by atoms with E-state index in [9.17, 15) is 9.90 Å². The number of phenols is 1. The van der Waals surface area contributed by atoms with Gasteiger partial charge >= 0.3 is 11.6 Å². The number of aromatic hydroxyl groups is 1. The van der Waals surface area contributed by atoms with Gasteiger partial charge in [-0.2, -0.15) is 0 Å². The van der Waals surface area contributed by atoms with Gasteiger partial charge in [0.15, 0.2) is 5.75 Å². The average Bonchev–Trinajstić information content (AvgIpc) is 3.49. The van der Waals surface area contributed by atoms with Crippen LogP contribution in [0, 0.1) is 0 Å². The zero-order valence-electron chi connectivity index (χ0n) is 17.1. The summed E-state index contributed by atoms with van der Waals surface area (Å²) in [4.78, 5) is 20.7. The highest BCUT2D eigenvalue weighted by Crippen LogP contribution is 2.32. The molecule has 0 saturated carbocycles. The third-order valence-corrected chi connectivity index (χ3v) is 5.15. The van der Waals surface area contributed by atoms with E-state index in [0.717, 1.165) is 29.9 Å². The Hall–Kier alpha value is -3.43. The first-order chi connectivity index (χ1) is 14.6. The lowest BCUT2D eigenvalue weighted by atomic mass is 10.1.